The van der Waals surface area contributed by atoms with Crippen molar-refractivity contribution in [2.45, 2.75) is 51.0 Å². The minimum Gasteiger partial charge on any atom is -0.347 e. The Hall–Kier alpha value is -1.47. The SMILES string of the molecule is O=C(CC1CCN(c2nnc(C3CC3)s2)CC1)N1CCc2sccc2C1. The first kappa shape index (κ1) is 16.7. The number of thiophene rings is 1. The number of rotatable bonds is 4. The lowest BCUT2D eigenvalue weighted by Crippen LogP contribution is -2.39. The molecular weight excluding hydrogens is 364 g/mol. The number of aromatic nitrogens is 2. The highest BCUT2D eigenvalue weighted by molar-refractivity contribution is 7.15. The fraction of sp³-hybridized carbons (Fsp3) is 0.632. The molecule has 2 aliphatic heterocycles. The van der Waals surface area contributed by atoms with Crippen LogP contribution in [0.5, 0.6) is 0 Å². The molecule has 3 aliphatic rings. The standard InChI is InChI=1S/C19H24N4OS2/c24-17(23-9-5-16-15(12-23)6-10-25-16)11-13-3-7-22(8-4-13)19-21-20-18(26-19)14-1-2-14/h6,10,13-14H,1-5,7-9,11-12H2. The van der Waals surface area contributed by atoms with Gasteiger partial charge >= 0.3 is 0 Å². The Bertz CT molecular complexity index is 789. The molecule has 1 amide bonds. The molecule has 26 heavy (non-hydrogen) atoms. The molecule has 0 atom stereocenters. The van der Waals surface area contributed by atoms with E-state index < -0.39 is 0 Å². The Morgan fingerprint density at radius 3 is 2.81 bits per heavy atom. The Morgan fingerprint density at radius 2 is 2.00 bits per heavy atom. The fourth-order valence-corrected chi connectivity index (χ4v) is 5.97. The first-order valence-electron chi connectivity index (χ1n) is 9.67. The minimum absolute atomic E-state index is 0.340. The molecule has 7 heteroatoms. The van der Waals surface area contributed by atoms with Crippen LogP contribution in [0.2, 0.25) is 0 Å². The molecule has 0 spiro atoms. The summed E-state index contributed by atoms with van der Waals surface area (Å²) in [6.45, 7) is 3.71. The van der Waals surface area contributed by atoms with Crippen LogP contribution in [-0.2, 0) is 17.8 Å². The maximum atomic E-state index is 12.7. The Balaban J connectivity index is 1.13. The van der Waals surface area contributed by atoms with Crippen LogP contribution in [0.1, 0.15) is 53.5 Å². The summed E-state index contributed by atoms with van der Waals surface area (Å²) >= 11 is 3.60. The van der Waals surface area contributed by atoms with Crippen molar-refractivity contribution in [3.63, 3.8) is 0 Å². The van der Waals surface area contributed by atoms with Crippen LogP contribution in [-0.4, -0.2) is 40.6 Å². The lowest BCUT2D eigenvalue weighted by Gasteiger charge is -2.33. The molecule has 0 N–H and O–H groups in total. The number of hydrogen-bond donors (Lipinski definition) is 0. The normalized spacial score (nSPS) is 21.1. The van der Waals surface area contributed by atoms with Gasteiger partial charge in [-0.15, -0.1) is 21.5 Å². The van der Waals surface area contributed by atoms with E-state index in [9.17, 15) is 4.79 Å². The molecule has 5 rings (SSSR count). The van der Waals surface area contributed by atoms with Crippen molar-refractivity contribution in [1.29, 1.82) is 0 Å². The molecule has 138 valence electrons. The van der Waals surface area contributed by atoms with Crippen LogP contribution in [0.3, 0.4) is 0 Å². The number of piperidine rings is 1. The fourth-order valence-electron chi connectivity index (χ4n) is 4.02. The van der Waals surface area contributed by atoms with Crippen LogP contribution in [0.15, 0.2) is 11.4 Å². The highest BCUT2D eigenvalue weighted by Gasteiger charge is 2.30. The zero-order chi connectivity index (χ0) is 17.5. The van der Waals surface area contributed by atoms with Gasteiger partial charge in [0.2, 0.25) is 11.0 Å². The van der Waals surface area contributed by atoms with Crippen molar-refractivity contribution in [2.75, 3.05) is 24.5 Å². The third-order valence-corrected chi connectivity index (χ3v) is 8.03. The summed E-state index contributed by atoms with van der Waals surface area (Å²) in [4.78, 5) is 18.6. The zero-order valence-corrected chi connectivity index (χ0v) is 16.5. The van der Waals surface area contributed by atoms with E-state index in [2.05, 4.69) is 31.4 Å². The minimum atomic E-state index is 0.340. The average molecular weight is 389 g/mol. The van der Waals surface area contributed by atoms with E-state index in [-0.39, 0.29) is 0 Å². The Labute approximate surface area is 162 Å². The van der Waals surface area contributed by atoms with Crippen molar-refractivity contribution < 1.29 is 4.79 Å². The van der Waals surface area contributed by atoms with Crippen molar-refractivity contribution in [3.8, 4) is 0 Å². The van der Waals surface area contributed by atoms with E-state index in [0.29, 0.717) is 24.2 Å². The largest absolute Gasteiger partial charge is 0.347 e. The summed E-state index contributed by atoms with van der Waals surface area (Å²) < 4.78 is 0. The van der Waals surface area contributed by atoms with Gasteiger partial charge in [0.1, 0.15) is 5.01 Å². The summed E-state index contributed by atoms with van der Waals surface area (Å²) in [5.74, 6) is 1.54. The van der Waals surface area contributed by atoms with Gasteiger partial charge in [0.15, 0.2) is 0 Å². The first-order valence-corrected chi connectivity index (χ1v) is 11.4. The summed E-state index contributed by atoms with van der Waals surface area (Å²) in [5, 5.41) is 13.2. The average Bonchev–Trinajstić information content (AvgIpc) is 3.21. The number of hydrogen-bond acceptors (Lipinski definition) is 6. The van der Waals surface area contributed by atoms with Gasteiger partial charge in [-0.05, 0) is 55.0 Å². The molecule has 2 aromatic heterocycles. The predicted molar refractivity (Wildman–Crippen MR) is 105 cm³/mol. The van der Waals surface area contributed by atoms with Crippen LogP contribution in [0.25, 0.3) is 0 Å². The van der Waals surface area contributed by atoms with Gasteiger partial charge in [0.05, 0.1) is 0 Å². The third kappa shape index (κ3) is 3.39. The predicted octanol–water partition coefficient (Wildman–Crippen LogP) is 3.67. The number of anilines is 1. The van der Waals surface area contributed by atoms with Gasteiger partial charge in [-0.3, -0.25) is 4.79 Å². The highest BCUT2D eigenvalue weighted by atomic mass is 32.1. The summed E-state index contributed by atoms with van der Waals surface area (Å²) in [6, 6.07) is 2.18. The second kappa shape index (κ2) is 6.93. The van der Waals surface area contributed by atoms with Crippen molar-refractivity contribution >= 4 is 33.7 Å². The maximum absolute atomic E-state index is 12.7. The third-order valence-electron chi connectivity index (χ3n) is 5.87. The van der Waals surface area contributed by atoms with Crippen LogP contribution in [0.4, 0.5) is 5.13 Å². The molecule has 0 bridgehead atoms. The Kier molecular flexibility index (Phi) is 4.44. The number of fused-ring (bicyclic) bond motifs is 1. The molecule has 0 unspecified atom stereocenters. The molecule has 0 radical (unpaired) electrons. The van der Waals surface area contributed by atoms with E-state index in [1.54, 1.807) is 11.3 Å². The summed E-state index contributed by atoms with van der Waals surface area (Å²) in [7, 11) is 0. The van der Waals surface area contributed by atoms with Gasteiger partial charge in [-0.2, -0.15) is 0 Å². The van der Waals surface area contributed by atoms with Crippen molar-refractivity contribution in [2.24, 2.45) is 5.92 Å². The first-order chi connectivity index (χ1) is 12.8. The zero-order valence-electron chi connectivity index (χ0n) is 14.9. The van der Waals surface area contributed by atoms with Crippen molar-refractivity contribution in [1.82, 2.24) is 15.1 Å². The molecule has 1 saturated heterocycles. The van der Waals surface area contributed by atoms with E-state index in [1.807, 2.05) is 11.3 Å². The van der Waals surface area contributed by atoms with E-state index >= 15 is 0 Å². The summed E-state index contributed by atoms with van der Waals surface area (Å²) in [5.41, 5.74) is 1.35. The molecule has 2 fully saturated rings. The summed E-state index contributed by atoms with van der Waals surface area (Å²) in [6.07, 6.45) is 6.46. The molecule has 1 saturated carbocycles. The molecule has 1 aliphatic carbocycles. The lowest BCUT2D eigenvalue weighted by molar-refractivity contribution is -0.133. The number of carbonyl (C=O) groups is 1. The topological polar surface area (TPSA) is 49.3 Å². The van der Waals surface area contributed by atoms with Gasteiger partial charge in [-0.25, -0.2) is 0 Å². The van der Waals surface area contributed by atoms with Crippen molar-refractivity contribution in [3.05, 3.63) is 26.9 Å². The van der Waals surface area contributed by atoms with Crippen LogP contribution in [0, 0.1) is 5.92 Å². The van der Waals surface area contributed by atoms with Gasteiger partial charge in [-0.1, -0.05) is 11.3 Å². The number of carbonyl (C=O) groups excluding carboxylic acids is 1. The van der Waals surface area contributed by atoms with Crippen LogP contribution < -0.4 is 4.90 Å². The smallest absolute Gasteiger partial charge is 0.223 e. The number of amides is 1. The van der Waals surface area contributed by atoms with Gasteiger partial charge < -0.3 is 9.80 Å². The van der Waals surface area contributed by atoms with Gasteiger partial charge in [0, 0.05) is 43.4 Å². The van der Waals surface area contributed by atoms with Crippen LogP contribution >= 0.6 is 22.7 Å². The maximum Gasteiger partial charge on any atom is 0.223 e. The number of nitrogens with zero attached hydrogens (tertiary/aromatic N) is 4. The molecule has 4 heterocycles. The quantitative estimate of drug-likeness (QED) is 0.802. The monoisotopic (exact) mass is 388 g/mol. The van der Waals surface area contributed by atoms with Gasteiger partial charge in [0.25, 0.3) is 0 Å². The highest BCUT2D eigenvalue weighted by Crippen LogP contribution is 2.43. The second-order valence-corrected chi connectivity index (χ2v) is 9.75. The lowest BCUT2D eigenvalue weighted by atomic mass is 9.93. The molecule has 2 aromatic rings. The molecule has 0 aromatic carbocycles. The molecular formula is C19H24N4OS2. The second-order valence-electron chi connectivity index (χ2n) is 7.77. The Morgan fingerprint density at radius 1 is 1.15 bits per heavy atom. The van der Waals surface area contributed by atoms with E-state index in [0.717, 1.165) is 50.6 Å². The van der Waals surface area contributed by atoms with E-state index in [4.69, 9.17) is 0 Å². The molecule has 5 nitrogen and oxygen atoms in total. The van der Waals surface area contributed by atoms with E-state index in [1.165, 1.54) is 28.3 Å².